The van der Waals surface area contributed by atoms with Crippen molar-refractivity contribution in [2.24, 2.45) is 0 Å². The van der Waals surface area contributed by atoms with Crippen molar-refractivity contribution in [2.75, 3.05) is 11.4 Å². The molecule has 2 rings (SSSR count). The van der Waals surface area contributed by atoms with E-state index < -0.39 is 10.0 Å². The number of halogens is 1. The lowest BCUT2D eigenvalue weighted by atomic mass is 10.2. The summed E-state index contributed by atoms with van der Waals surface area (Å²) in [7, 11) is -2.25. The van der Waals surface area contributed by atoms with Gasteiger partial charge in [-0.15, -0.1) is 0 Å². The van der Waals surface area contributed by atoms with Crippen LogP contribution in [0.15, 0.2) is 27.6 Å². The average Bonchev–Trinajstić information content (AvgIpc) is 2.72. The molecule has 0 fully saturated rings. The Balaban J connectivity index is 2.52. The molecule has 0 atom stereocenters. The first-order valence-corrected chi connectivity index (χ1v) is 7.75. The summed E-state index contributed by atoms with van der Waals surface area (Å²) >= 11 is 6.04. The molecule has 5 nitrogen and oxygen atoms in total. The molecule has 20 heavy (non-hydrogen) atoms. The molecule has 0 aliphatic carbocycles. The molecule has 0 bridgehead atoms. The van der Waals surface area contributed by atoms with Gasteiger partial charge in [-0.25, -0.2) is 8.42 Å². The summed E-state index contributed by atoms with van der Waals surface area (Å²) in [6.45, 7) is 5.02. The summed E-state index contributed by atoms with van der Waals surface area (Å²) in [5.74, 6) is 0.271. The predicted octanol–water partition coefficient (Wildman–Crippen LogP) is 3.08. The molecule has 0 spiro atoms. The Morgan fingerprint density at radius 1 is 1.25 bits per heavy atom. The largest absolute Gasteiger partial charge is 0.360 e. The fourth-order valence-corrected chi connectivity index (χ4v) is 3.55. The first-order valence-electron chi connectivity index (χ1n) is 5.93. The summed E-state index contributed by atoms with van der Waals surface area (Å²) in [5, 5.41) is 4.20. The molecule has 7 heteroatoms. The molecular formula is C13H15ClN2O3S. The highest BCUT2D eigenvalue weighted by molar-refractivity contribution is 7.92. The Morgan fingerprint density at radius 3 is 2.40 bits per heavy atom. The number of nitrogens with zero attached hydrogens (tertiary/aromatic N) is 2. The van der Waals surface area contributed by atoms with E-state index in [9.17, 15) is 8.42 Å². The van der Waals surface area contributed by atoms with Crippen LogP contribution in [0.3, 0.4) is 0 Å². The maximum absolute atomic E-state index is 12.6. The Morgan fingerprint density at radius 2 is 1.90 bits per heavy atom. The number of rotatable bonds is 3. The van der Waals surface area contributed by atoms with Gasteiger partial charge >= 0.3 is 0 Å². The maximum atomic E-state index is 12.6. The highest BCUT2D eigenvalue weighted by Crippen LogP contribution is 2.29. The van der Waals surface area contributed by atoms with Crippen LogP contribution >= 0.6 is 11.6 Å². The third kappa shape index (κ3) is 2.41. The average molecular weight is 315 g/mol. The lowest BCUT2D eigenvalue weighted by Crippen LogP contribution is -2.27. The van der Waals surface area contributed by atoms with Gasteiger partial charge in [-0.05, 0) is 38.5 Å². The summed E-state index contributed by atoms with van der Waals surface area (Å²) in [4.78, 5) is 0.0942. The lowest BCUT2D eigenvalue weighted by molar-refractivity contribution is 0.390. The van der Waals surface area contributed by atoms with E-state index >= 15 is 0 Å². The van der Waals surface area contributed by atoms with Gasteiger partial charge in [-0.3, -0.25) is 4.31 Å². The predicted molar refractivity (Wildman–Crippen MR) is 77.8 cm³/mol. The number of sulfonamides is 1. The molecule has 1 aromatic heterocycles. The van der Waals surface area contributed by atoms with Gasteiger partial charge in [0.15, 0.2) is 10.7 Å². The fourth-order valence-electron chi connectivity index (χ4n) is 1.90. The molecule has 0 saturated carbocycles. The summed E-state index contributed by atoms with van der Waals surface area (Å²) < 4.78 is 31.3. The molecule has 0 N–H and O–H groups in total. The van der Waals surface area contributed by atoms with Crippen LogP contribution in [0, 0.1) is 20.8 Å². The van der Waals surface area contributed by atoms with E-state index in [4.69, 9.17) is 16.1 Å². The lowest BCUT2D eigenvalue weighted by Gasteiger charge is -2.19. The second kappa shape index (κ2) is 5.10. The number of aromatic nitrogens is 1. The molecule has 1 heterocycles. The highest BCUT2D eigenvalue weighted by Gasteiger charge is 2.29. The van der Waals surface area contributed by atoms with Crippen molar-refractivity contribution in [2.45, 2.75) is 25.7 Å². The summed E-state index contributed by atoms with van der Waals surface area (Å²) in [6.07, 6.45) is 0. The monoisotopic (exact) mass is 314 g/mol. The van der Waals surface area contributed by atoms with Crippen molar-refractivity contribution in [3.05, 3.63) is 40.2 Å². The SMILES string of the molecule is Cc1ccc(N(C)S(=O)(=O)c2c(C)noc2C)cc1Cl. The molecule has 0 unspecified atom stereocenters. The fraction of sp³-hybridized carbons (Fsp3) is 0.308. The number of aryl methyl sites for hydroxylation is 3. The standard InChI is InChI=1S/C13H15ClN2O3S/c1-8-5-6-11(7-12(8)14)16(4)20(17,18)13-9(2)15-19-10(13)3/h5-7H,1-4H3. The molecule has 0 aliphatic rings. The quantitative estimate of drug-likeness (QED) is 0.873. The Hall–Kier alpha value is -1.53. The van der Waals surface area contributed by atoms with Crippen molar-refractivity contribution in [3.8, 4) is 0 Å². The minimum absolute atomic E-state index is 0.0942. The number of benzene rings is 1. The molecule has 108 valence electrons. The molecule has 0 saturated heterocycles. The second-order valence-corrected chi connectivity index (χ2v) is 6.87. The van der Waals surface area contributed by atoms with Gasteiger partial charge in [0.05, 0.1) is 5.69 Å². The Kier molecular flexibility index (Phi) is 3.80. The van der Waals surface area contributed by atoms with E-state index in [2.05, 4.69) is 5.16 Å². The maximum Gasteiger partial charge on any atom is 0.269 e. The molecular weight excluding hydrogens is 300 g/mol. The first-order chi connectivity index (χ1) is 9.25. The van der Waals surface area contributed by atoms with Crippen LogP contribution < -0.4 is 4.31 Å². The van der Waals surface area contributed by atoms with Crippen molar-refractivity contribution < 1.29 is 12.9 Å². The van der Waals surface area contributed by atoms with Crippen molar-refractivity contribution in [1.82, 2.24) is 5.16 Å². The van der Waals surface area contributed by atoms with Crippen LogP contribution in [0.4, 0.5) is 5.69 Å². The third-order valence-corrected chi connectivity index (χ3v) is 5.54. The first kappa shape index (κ1) is 14.9. The van der Waals surface area contributed by atoms with Gasteiger partial charge in [-0.2, -0.15) is 0 Å². The zero-order valence-corrected chi connectivity index (χ0v) is 13.2. The van der Waals surface area contributed by atoms with E-state index in [0.29, 0.717) is 16.4 Å². The van der Waals surface area contributed by atoms with Gasteiger partial charge < -0.3 is 4.52 Å². The van der Waals surface area contributed by atoms with E-state index in [1.54, 1.807) is 32.0 Å². The molecule has 2 aromatic rings. The van der Waals surface area contributed by atoms with E-state index in [1.165, 1.54) is 11.4 Å². The topological polar surface area (TPSA) is 63.4 Å². The molecule has 0 aliphatic heterocycles. The van der Waals surface area contributed by atoms with Crippen molar-refractivity contribution in [1.29, 1.82) is 0 Å². The van der Waals surface area contributed by atoms with Crippen LogP contribution in [-0.2, 0) is 10.0 Å². The second-order valence-electron chi connectivity index (χ2n) is 4.56. The minimum atomic E-state index is -3.72. The van der Waals surface area contributed by atoms with E-state index in [-0.39, 0.29) is 10.7 Å². The zero-order chi connectivity index (χ0) is 15.1. The van der Waals surface area contributed by atoms with E-state index in [1.807, 2.05) is 6.92 Å². The summed E-state index contributed by atoms with van der Waals surface area (Å²) in [6, 6.07) is 5.10. The normalized spacial score (nSPS) is 11.7. The number of anilines is 1. The summed E-state index contributed by atoms with van der Waals surface area (Å²) in [5.41, 5.74) is 1.71. The van der Waals surface area contributed by atoms with Crippen LogP contribution in [0.5, 0.6) is 0 Å². The van der Waals surface area contributed by atoms with Gasteiger partial charge in [0.2, 0.25) is 0 Å². The van der Waals surface area contributed by atoms with Crippen molar-refractivity contribution >= 4 is 27.3 Å². The van der Waals surface area contributed by atoms with Gasteiger partial charge in [-0.1, -0.05) is 22.8 Å². The minimum Gasteiger partial charge on any atom is -0.360 e. The smallest absolute Gasteiger partial charge is 0.269 e. The third-order valence-electron chi connectivity index (χ3n) is 3.11. The Labute approximate surface area is 123 Å². The van der Waals surface area contributed by atoms with Crippen LogP contribution in [-0.4, -0.2) is 20.6 Å². The van der Waals surface area contributed by atoms with Crippen LogP contribution in [0.2, 0.25) is 5.02 Å². The van der Waals surface area contributed by atoms with Gasteiger partial charge in [0, 0.05) is 12.1 Å². The van der Waals surface area contributed by atoms with Crippen LogP contribution in [0.25, 0.3) is 0 Å². The molecule has 1 aromatic carbocycles. The molecule has 0 radical (unpaired) electrons. The number of hydrogen-bond donors (Lipinski definition) is 0. The zero-order valence-electron chi connectivity index (χ0n) is 11.6. The van der Waals surface area contributed by atoms with Gasteiger partial charge in [0.25, 0.3) is 10.0 Å². The molecule has 0 amide bonds. The van der Waals surface area contributed by atoms with E-state index in [0.717, 1.165) is 5.56 Å². The Bertz CT molecular complexity index is 733. The highest BCUT2D eigenvalue weighted by atomic mass is 35.5. The van der Waals surface area contributed by atoms with Gasteiger partial charge in [0.1, 0.15) is 5.69 Å². The van der Waals surface area contributed by atoms with Crippen molar-refractivity contribution in [3.63, 3.8) is 0 Å². The van der Waals surface area contributed by atoms with Crippen LogP contribution in [0.1, 0.15) is 17.0 Å². The number of hydrogen-bond acceptors (Lipinski definition) is 4.